The lowest BCUT2D eigenvalue weighted by atomic mass is 9.76. The van der Waals surface area contributed by atoms with Gasteiger partial charge >= 0.3 is 0 Å². The molecule has 21 heteroatoms. The molecule has 7 saturated carbocycles. The van der Waals surface area contributed by atoms with E-state index in [0.29, 0.717) is 6.42 Å². The maximum absolute atomic E-state index is 12.7. The van der Waals surface area contributed by atoms with Gasteiger partial charge in [-0.25, -0.2) is 0 Å². The molecule has 7 unspecified atom stereocenters. The molecular formula is C84H98Cl7N7O7. The Kier molecular flexibility index (Phi) is 13.9. The molecule has 14 N–H and O–H groups in total. The van der Waals surface area contributed by atoms with Crippen molar-refractivity contribution in [2.24, 2.45) is 40.1 Å². The Morgan fingerprint density at radius 1 is 0.238 bits per heavy atom. The Morgan fingerprint density at radius 3 is 0.886 bits per heavy atom. The standard InChI is InChI=1S/7C12H14ClNO/c7*13-10-6-2-1-5-9(10)12(14)8-4-3-7-11(12)15/h7*1-2,5-6H,3-4,7-8,14H2/i1D,2D,3D2,4D2,5D,6D,7D2;1D,2D,4D2,5D,6D,7D2;1D,2D,3D2,5D,6D,7D2;1D,2D,3D2,4D2,5D,6D;1D,2D,5D,6D,8D2;1D,2D,4D2,5D,6D;1D,2D,3D2,5D,6D. The van der Waals surface area contributed by atoms with Crippen LogP contribution in [0.2, 0.25) is 35.2 Å². The van der Waals surface area contributed by atoms with Gasteiger partial charge in [0.15, 0.2) is 40.5 Å². The average molecular weight is 1620 g/mol. The van der Waals surface area contributed by atoms with Gasteiger partial charge < -0.3 is 40.1 Å². The molecule has 560 valence electrons. The van der Waals surface area contributed by atoms with Gasteiger partial charge in [-0.2, -0.15) is 0 Å². The van der Waals surface area contributed by atoms with E-state index in [2.05, 4.69) is 0 Å². The minimum atomic E-state index is -3.34. The molecule has 105 heavy (non-hydrogen) atoms. The number of ketones is 7. The SMILES string of the molecule is [2H]c1c([2H])c([2H])c(C2(N)C(=O)CCCC2([2H])[2H])c(Cl)c1[2H].[2H]c1c([2H])c([2H])c(C2(N)CC([2H])([2H])C([2H])([2H])C([2H])([2H])C2=O)c(Cl)c1[2H].[2H]c1c([2H])c([2H])c(C2(N)CC([2H])([2H])C([2H])([2H])CC2=O)c(Cl)c1[2H].[2H]c1c([2H])c([2H])c(C2(N)CC([2H])([2H])CC([2H])([2H])C2=O)c(Cl)c1[2H].[2H]c1c([2H])c([2H])c(C2(N)CC([2H])([2H])CCC2=O)c(Cl)c1[2H].[2H]c1c([2H])c([2H])c(C2(N)CCC([2H])([2H])C([2H])([2H])C2=O)c(Cl)c1[2H].[2H]c1c([2H])c([2H])c(C2(N)CCC([2H])([2H])CC2=O)c(Cl)c1[2H]. The molecule has 7 aromatic rings. The van der Waals surface area contributed by atoms with E-state index in [-0.39, 0.29) is 84.5 Å². The Labute approximate surface area is 726 Å². The number of rotatable bonds is 7. The zero-order chi connectivity index (χ0) is 122. The number of Topliss-reactive ketones (excluding diaryl/α,β-unsaturated/α-hetero) is 7. The first-order chi connectivity index (χ1) is 70.4. The van der Waals surface area contributed by atoms with Crippen molar-refractivity contribution in [3.63, 3.8) is 0 Å². The molecule has 0 heterocycles. The summed E-state index contributed by atoms with van der Waals surface area (Å²) in [5.74, 6) is -6.50. The molecular weight excluding hydrogens is 1470 g/mol. The molecule has 0 radical (unpaired) electrons. The maximum atomic E-state index is 12.7. The summed E-state index contributed by atoms with van der Waals surface area (Å²) >= 11 is 41.8. The zero-order valence-electron chi connectivity index (χ0n) is 107. The van der Waals surface area contributed by atoms with Gasteiger partial charge in [-0.15, -0.1) is 0 Å². The highest BCUT2D eigenvalue weighted by Crippen LogP contribution is 2.42. The van der Waals surface area contributed by atoms with E-state index in [1.807, 2.05) is 0 Å². The molecule has 7 atom stereocenters. The molecule has 7 aliphatic carbocycles. The highest BCUT2D eigenvalue weighted by molar-refractivity contribution is 6.34. The first-order valence-electron chi connectivity index (χ1n) is 57.1. The maximum Gasteiger partial charge on any atom is 0.157 e. The van der Waals surface area contributed by atoms with Gasteiger partial charge in [0.25, 0.3) is 0 Å². The second kappa shape index (κ2) is 38.4. The van der Waals surface area contributed by atoms with Crippen LogP contribution in [0.25, 0.3) is 0 Å². The highest BCUT2D eigenvalue weighted by atomic mass is 35.5. The topological polar surface area (TPSA) is 302 Å². The van der Waals surface area contributed by atoms with Crippen LogP contribution in [0.4, 0.5) is 0 Å². The summed E-state index contributed by atoms with van der Waals surface area (Å²) in [6.45, 7) is 0. The normalized spacial score (nSPS) is 39.5. The lowest BCUT2D eigenvalue weighted by Gasteiger charge is -2.32. The van der Waals surface area contributed by atoms with Gasteiger partial charge in [-0.3, -0.25) is 33.6 Å². The van der Waals surface area contributed by atoms with Crippen molar-refractivity contribution in [2.45, 2.75) is 218 Å². The molecule has 14 rings (SSSR count). The van der Waals surface area contributed by atoms with E-state index in [1.54, 1.807) is 0 Å². The fraction of sp³-hybridized carbons (Fsp3) is 0.417. The first kappa shape index (κ1) is 38.1. The summed E-state index contributed by atoms with van der Waals surface area (Å²) in [5, 5.41) is -3.04. The smallest absolute Gasteiger partial charge is 0.157 e. The number of hydrogen-bond acceptors (Lipinski definition) is 14. The van der Waals surface area contributed by atoms with Crippen molar-refractivity contribution in [3.8, 4) is 0 Å². The summed E-state index contributed by atoms with van der Waals surface area (Å²) in [7, 11) is 0. The molecule has 0 amide bonds. The Bertz CT molecular complexity index is 6820. The average Bonchev–Trinajstić information content (AvgIpc) is 0.692. The number of hydrogen-bond donors (Lipinski definition) is 7. The van der Waals surface area contributed by atoms with Crippen molar-refractivity contribution < 1.29 is 105 Å². The summed E-state index contributed by atoms with van der Waals surface area (Å²) in [6.07, 6.45) is -34.9. The van der Waals surface area contributed by atoms with E-state index >= 15 is 0 Å². The van der Waals surface area contributed by atoms with Gasteiger partial charge in [0.2, 0.25) is 0 Å². The highest BCUT2D eigenvalue weighted by Gasteiger charge is 2.45. The van der Waals surface area contributed by atoms with Crippen LogP contribution in [0.5, 0.6) is 0 Å². The van der Waals surface area contributed by atoms with E-state index in [0.717, 1.165) is 0 Å². The molecule has 14 nitrogen and oxygen atoms in total. The van der Waals surface area contributed by atoms with E-state index in [9.17, 15) is 33.6 Å². The molecule has 0 bridgehead atoms. The summed E-state index contributed by atoms with van der Waals surface area (Å²) in [4.78, 5) is 86.8. The minimum absolute atomic E-state index is 0.0221. The van der Waals surface area contributed by atoms with Gasteiger partial charge in [0.05, 0.1) is 38.4 Å². The van der Waals surface area contributed by atoms with Crippen LogP contribution in [-0.2, 0) is 72.3 Å². The van der Waals surface area contributed by atoms with Crippen LogP contribution in [0.1, 0.15) is 289 Å². The second-order valence-electron chi connectivity index (χ2n) is 23.4. The summed E-state index contributed by atoms with van der Waals surface area (Å²) in [5.41, 5.74) is 24.8. The Morgan fingerprint density at radius 2 is 0.495 bits per heavy atom. The van der Waals surface area contributed by atoms with Crippen molar-refractivity contribution in [1.82, 2.24) is 0 Å². The number of benzene rings is 7. The van der Waals surface area contributed by atoms with E-state index < -0.39 is 411 Å². The second-order valence-corrected chi connectivity index (χ2v) is 26.1. The lowest BCUT2D eigenvalue weighted by Crippen LogP contribution is -2.47. The lowest BCUT2D eigenvalue weighted by molar-refractivity contribution is -0.127. The van der Waals surface area contributed by atoms with Crippen LogP contribution in [-0.4, -0.2) is 40.5 Å². The number of carbonyl (C=O) groups excluding carboxylic acids is 7. The number of carbonyl (C=O) groups is 7. The third kappa shape index (κ3) is 20.3. The van der Waals surface area contributed by atoms with Crippen molar-refractivity contribution >= 4 is 122 Å². The predicted octanol–water partition coefficient (Wildman–Crippen LogP) is 18.5. The van der Waals surface area contributed by atoms with Crippen LogP contribution >= 0.6 is 81.2 Å². The monoisotopic (exact) mass is 1610 g/mol. The zero-order valence-corrected chi connectivity index (χ0v) is 60.2. The first-order valence-corrected chi connectivity index (χ1v) is 33.7. The minimum Gasteiger partial charge on any atom is -0.315 e. The van der Waals surface area contributed by atoms with Crippen LogP contribution in [0.3, 0.4) is 0 Å². The fourth-order valence-corrected chi connectivity index (χ4v) is 12.4. The molecule has 0 spiro atoms. The number of nitrogens with two attached hydrogens (primary N) is 7. The molecule has 0 aromatic heterocycles. The third-order valence-electron chi connectivity index (χ3n) is 16.6. The fourth-order valence-electron chi connectivity index (χ4n) is 10.6. The van der Waals surface area contributed by atoms with Gasteiger partial charge in [-0.1, -0.05) is 253 Å². The Balaban J connectivity index is 0.000000222. The van der Waals surface area contributed by atoms with E-state index in [4.69, 9.17) is 193 Å². The van der Waals surface area contributed by atoms with Gasteiger partial charge in [0.1, 0.15) is 38.8 Å². The van der Waals surface area contributed by atoms with E-state index in [1.165, 1.54) is 0 Å². The third-order valence-corrected chi connectivity index (χ3v) is 18.6. The van der Waals surface area contributed by atoms with Crippen LogP contribution in [0.15, 0.2) is 169 Å². The molecule has 0 saturated heterocycles. The molecule has 7 aromatic carbocycles. The van der Waals surface area contributed by atoms with Crippen LogP contribution < -0.4 is 40.1 Å². The molecule has 7 aliphatic rings. The van der Waals surface area contributed by atoms with Gasteiger partial charge in [-0.05, 0) is 171 Å². The molecule has 7 fully saturated rings. The van der Waals surface area contributed by atoms with Crippen molar-refractivity contribution in [3.05, 3.63) is 243 Å². The quantitative estimate of drug-likeness (QED) is 0.0781. The van der Waals surface area contributed by atoms with Crippen molar-refractivity contribution in [1.29, 1.82) is 0 Å². The van der Waals surface area contributed by atoms with Crippen molar-refractivity contribution in [2.75, 3.05) is 0 Å². The largest absolute Gasteiger partial charge is 0.315 e. The van der Waals surface area contributed by atoms with Crippen LogP contribution in [0, 0.1) is 0 Å². The molecule has 0 aliphatic heterocycles. The number of halogens is 7. The predicted molar refractivity (Wildman–Crippen MR) is 426 cm³/mol. The summed E-state index contributed by atoms with van der Waals surface area (Å²) in [6, 6.07) is -16.5. The summed E-state index contributed by atoms with van der Waals surface area (Å²) < 4.78 is 403. The van der Waals surface area contributed by atoms with Gasteiger partial charge in [0, 0.05) is 113 Å². The Hall–Kier alpha value is -6.02.